The Hall–Kier alpha value is -1.85. The van der Waals surface area contributed by atoms with E-state index in [4.69, 9.17) is 14.2 Å². The Balaban J connectivity index is 1.71. The van der Waals surface area contributed by atoms with E-state index < -0.39 is 5.79 Å². The predicted octanol–water partition coefficient (Wildman–Crippen LogP) is 3.05. The van der Waals surface area contributed by atoms with Gasteiger partial charge < -0.3 is 18.8 Å². The average molecular weight is 316 g/mol. The van der Waals surface area contributed by atoms with Crippen LogP contribution < -0.4 is 4.74 Å². The minimum atomic E-state index is -0.579. The summed E-state index contributed by atoms with van der Waals surface area (Å²) in [6.45, 7) is 3.44. The Morgan fingerprint density at radius 1 is 1.43 bits per heavy atom. The van der Waals surface area contributed by atoms with Crippen molar-refractivity contribution in [3.8, 4) is 5.75 Å². The van der Waals surface area contributed by atoms with Crippen LogP contribution in [0.2, 0.25) is 0 Å². The lowest BCUT2D eigenvalue weighted by Gasteiger charge is -2.28. The highest BCUT2D eigenvalue weighted by atomic mass is 16.7. The van der Waals surface area contributed by atoms with Gasteiger partial charge in [-0.25, -0.2) is 4.98 Å². The molecule has 0 N–H and O–H groups in total. The van der Waals surface area contributed by atoms with Crippen LogP contribution in [-0.2, 0) is 22.4 Å². The van der Waals surface area contributed by atoms with Gasteiger partial charge in [0.2, 0.25) is 0 Å². The van der Waals surface area contributed by atoms with Crippen LogP contribution in [0.3, 0.4) is 0 Å². The molecule has 1 aromatic heterocycles. The first-order chi connectivity index (χ1) is 11.2. The molecule has 1 aliphatic rings. The van der Waals surface area contributed by atoms with Gasteiger partial charge >= 0.3 is 0 Å². The Kier molecular flexibility index (Phi) is 4.98. The van der Waals surface area contributed by atoms with Crippen molar-refractivity contribution in [1.82, 2.24) is 9.55 Å². The van der Waals surface area contributed by atoms with Crippen LogP contribution in [0, 0.1) is 0 Å². The molecule has 3 rings (SSSR count). The molecule has 2 aromatic rings. The second-order valence-corrected chi connectivity index (χ2v) is 5.96. The van der Waals surface area contributed by atoms with Gasteiger partial charge in [-0.05, 0) is 30.5 Å². The lowest BCUT2D eigenvalue weighted by molar-refractivity contribution is -0.182. The molecular formula is C18H24N2O3. The molecule has 2 heterocycles. The average Bonchev–Trinajstić information content (AvgIpc) is 3.24. The minimum absolute atomic E-state index is 0.170. The summed E-state index contributed by atoms with van der Waals surface area (Å²) >= 11 is 0. The number of imidazole rings is 1. The van der Waals surface area contributed by atoms with Gasteiger partial charge in [-0.15, -0.1) is 0 Å². The number of aryl methyl sites for hydroxylation is 1. The normalized spacial score (nSPS) is 24.0. The van der Waals surface area contributed by atoms with Crippen molar-refractivity contribution < 1.29 is 14.2 Å². The van der Waals surface area contributed by atoms with Crippen LogP contribution >= 0.6 is 0 Å². The number of aromatic nitrogens is 2. The molecule has 2 unspecified atom stereocenters. The molecule has 0 radical (unpaired) electrons. The highest BCUT2D eigenvalue weighted by Gasteiger charge is 2.40. The SMILES string of the molecule is CCC1COC(CCc2cccc(OC)c2)(Cn2ccnc2)O1. The molecule has 1 aromatic carbocycles. The smallest absolute Gasteiger partial charge is 0.187 e. The minimum Gasteiger partial charge on any atom is -0.497 e. The monoisotopic (exact) mass is 316 g/mol. The van der Waals surface area contributed by atoms with E-state index in [0.29, 0.717) is 13.2 Å². The van der Waals surface area contributed by atoms with Gasteiger partial charge in [0, 0.05) is 18.8 Å². The maximum atomic E-state index is 6.25. The lowest BCUT2D eigenvalue weighted by atomic mass is 10.0. The number of nitrogens with zero attached hydrogens (tertiary/aromatic N) is 2. The standard InChI is InChI=1S/C18H24N2O3/c1-3-16-12-22-18(23-16,13-20-10-9-19-14-20)8-7-15-5-4-6-17(11-15)21-2/h4-6,9-11,14,16H,3,7-8,12-13H2,1-2H3. The summed E-state index contributed by atoms with van der Waals surface area (Å²) in [5.41, 5.74) is 1.22. The summed E-state index contributed by atoms with van der Waals surface area (Å²) in [7, 11) is 1.69. The largest absolute Gasteiger partial charge is 0.497 e. The molecule has 124 valence electrons. The molecule has 0 saturated carbocycles. The zero-order valence-electron chi connectivity index (χ0n) is 13.8. The molecule has 0 amide bonds. The van der Waals surface area contributed by atoms with E-state index in [1.165, 1.54) is 5.56 Å². The number of rotatable bonds is 7. The number of hydrogen-bond acceptors (Lipinski definition) is 4. The van der Waals surface area contributed by atoms with Crippen LogP contribution in [0.15, 0.2) is 43.0 Å². The summed E-state index contributed by atoms with van der Waals surface area (Å²) in [5.74, 6) is 0.302. The Labute approximate surface area is 137 Å². The second kappa shape index (κ2) is 7.15. The van der Waals surface area contributed by atoms with Crippen LogP contribution in [0.4, 0.5) is 0 Å². The van der Waals surface area contributed by atoms with Gasteiger partial charge in [-0.2, -0.15) is 0 Å². The maximum absolute atomic E-state index is 6.25. The summed E-state index contributed by atoms with van der Waals surface area (Å²) in [4.78, 5) is 4.11. The van der Waals surface area contributed by atoms with Gasteiger partial charge in [0.05, 0.1) is 32.7 Å². The van der Waals surface area contributed by atoms with Gasteiger partial charge in [0.15, 0.2) is 5.79 Å². The van der Waals surface area contributed by atoms with E-state index >= 15 is 0 Å². The third-order valence-corrected chi connectivity index (χ3v) is 4.28. The molecule has 23 heavy (non-hydrogen) atoms. The van der Waals surface area contributed by atoms with E-state index in [2.05, 4.69) is 24.0 Å². The predicted molar refractivity (Wildman–Crippen MR) is 87.4 cm³/mol. The van der Waals surface area contributed by atoms with Crippen molar-refractivity contribution >= 4 is 0 Å². The fourth-order valence-corrected chi connectivity index (χ4v) is 2.93. The van der Waals surface area contributed by atoms with Crippen molar-refractivity contribution in [2.24, 2.45) is 0 Å². The molecule has 2 atom stereocenters. The van der Waals surface area contributed by atoms with Crippen molar-refractivity contribution in [3.63, 3.8) is 0 Å². The zero-order valence-corrected chi connectivity index (χ0v) is 13.8. The van der Waals surface area contributed by atoms with Crippen molar-refractivity contribution in [2.75, 3.05) is 13.7 Å². The van der Waals surface area contributed by atoms with Gasteiger partial charge in [-0.1, -0.05) is 19.1 Å². The summed E-state index contributed by atoms with van der Waals surface area (Å²) in [6, 6.07) is 8.15. The summed E-state index contributed by atoms with van der Waals surface area (Å²) in [6.07, 6.45) is 8.34. The van der Waals surface area contributed by atoms with Crippen molar-refractivity contribution in [3.05, 3.63) is 48.5 Å². The Morgan fingerprint density at radius 3 is 3.04 bits per heavy atom. The van der Waals surface area contributed by atoms with Gasteiger partial charge in [-0.3, -0.25) is 0 Å². The highest BCUT2D eigenvalue weighted by molar-refractivity contribution is 5.28. The lowest BCUT2D eigenvalue weighted by Crippen LogP contribution is -2.36. The van der Waals surface area contributed by atoms with E-state index in [1.807, 2.05) is 22.9 Å². The number of methoxy groups -OCH3 is 1. The van der Waals surface area contributed by atoms with E-state index in [0.717, 1.165) is 25.0 Å². The highest BCUT2D eigenvalue weighted by Crippen LogP contribution is 2.32. The maximum Gasteiger partial charge on any atom is 0.187 e. The quantitative estimate of drug-likeness (QED) is 0.787. The van der Waals surface area contributed by atoms with Crippen molar-refractivity contribution in [2.45, 2.75) is 44.6 Å². The number of benzene rings is 1. The van der Waals surface area contributed by atoms with Crippen LogP contribution in [0.25, 0.3) is 0 Å². The Morgan fingerprint density at radius 2 is 2.35 bits per heavy atom. The fourth-order valence-electron chi connectivity index (χ4n) is 2.93. The summed E-state index contributed by atoms with van der Waals surface area (Å²) in [5, 5.41) is 0. The molecule has 0 aliphatic carbocycles. The van der Waals surface area contributed by atoms with Crippen LogP contribution in [0.5, 0.6) is 5.75 Å². The van der Waals surface area contributed by atoms with Gasteiger partial charge in [0.25, 0.3) is 0 Å². The van der Waals surface area contributed by atoms with E-state index in [9.17, 15) is 0 Å². The molecule has 5 nitrogen and oxygen atoms in total. The number of hydrogen-bond donors (Lipinski definition) is 0. The Bertz CT molecular complexity index is 614. The molecule has 1 fully saturated rings. The van der Waals surface area contributed by atoms with Crippen LogP contribution in [0.1, 0.15) is 25.3 Å². The first-order valence-corrected chi connectivity index (χ1v) is 8.13. The topological polar surface area (TPSA) is 45.5 Å². The molecule has 0 bridgehead atoms. The van der Waals surface area contributed by atoms with Crippen molar-refractivity contribution in [1.29, 1.82) is 0 Å². The number of ether oxygens (including phenoxy) is 3. The second-order valence-electron chi connectivity index (χ2n) is 5.96. The van der Waals surface area contributed by atoms with E-state index in [1.54, 1.807) is 19.6 Å². The molecular weight excluding hydrogens is 292 g/mol. The molecule has 1 saturated heterocycles. The summed E-state index contributed by atoms with van der Waals surface area (Å²) < 4.78 is 19.7. The first kappa shape index (κ1) is 16.0. The van der Waals surface area contributed by atoms with Crippen LogP contribution in [-0.4, -0.2) is 35.2 Å². The first-order valence-electron chi connectivity index (χ1n) is 8.13. The third-order valence-electron chi connectivity index (χ3n) is 4.28. The fraction of sp³-hybridized carbons (Fsp3) is 0.500. The van der Waals surface area contributed by atoms with E-state index in [-0.39, 0.29) is 6.10 Å². The molecule has 1 aliphatic heterocycles. The van der Waals surface area contributed by atoms with Gasteiger partial charge in [0.1, 0.15) is 5.75 Å². The molecule has 5 heteroatoms. The zero-order chi connectivity index (χ0) is 16.1. The molecule has 0 spiro atoms. The third kappa shape index (κ3) is 3.92.